The van der Waals surface area contributed by atoms with Crippen LogP contribution in [0.15, 0.2) is 30.3 Å². The van der Waals surface area contributed by atoms with Crippen LogP contribution in [0, 0.1) is 5.92 Å². The number of hydrogen-bond acceptors (Lipinski definition) is 1. The predicted octanol–water partition coefficient (Wildman–Crippen LogP) is 2.66. The van der Waals surface area contributed by atoms with Gasteiger partial charge in [-0.25, -0.2) is 0 Å². The number of carbonyl (C=O) groups is 1. The van der Waals surface area contributed by atoms with Crippen LogP contribution in [0.25, 0.3) is 0 Å². The minimum atomic E-state index is 0.197. The zero-order valence-corrected chi connectivity index (χ0v) is 9.07. The summed E-state index contributed by atoms with van der Waals surface area (Å²) in [7, 11) is 0. The third-order valence-corrected chi connectivity index (χ3v) is 3.05. The first-order chi connectivity index (χ1) is 7.31. The van der Waals surface area contributed by atoms with E-state index >= 15 is 0 Å². The van der Waals surface area contributed by atoms with E-state index in [1.54, 1.807) is 0 Å². The van der Waals surface area contributed by atoms with Crippen molar-refractivity contribution < 1.29 is 4.79 Å². The molecule has 15 heavy (non-hydrogen) atoms. The molecule has 1 aromatic rings. The van der Waals surface area contributed by atoms with Gasteiger partial charge in [-0.3, -0.25) is 4.79 Å². The van der Waals surface area contributed by atoms with Gasteiger partial charge in [0.05, 0.1) is 6.04 Å². The standard InChI is InChI=1S/C13H17NO/c1-2-6-11-9-12(15)14-13(11)10-7-4-3-5-8-10/h3-5,7-8,11,13H,2,6,9H2,1H3,(H,14,15). The number of carbonyl (C=O) groups excluding carboxylic acids is 1. The van der Waals surface area contributed by atoms with Crippen LogP contribution in [0.3, 0.4) is 0 Å². The van der Waals surface area contributed by atoms with E-state index in [1.807, 2.05) is 18.2 Å². The van der Waals surface area contributed by atoms with Crippen LogP contribution in [0.5, 0.6) is 0 Å². The number of amides is 1. The van der Waals surface area contributed by atoms with E-state index in [2.05, 4.69) is 24.4 Å². The first kappa shape index (κ1) is 10.2. The Morgan fingerprint density at radius 3 is 2.73 bits per heavy atom. The molecule has 2 unspecified atom stereocenters. The molecule has 1 N–H and O–H groups in total. The highest BCUT2D eigenvalue weighted by Crippen LogP contribution is 2.33. The molecule has 1 heterocycles. The summed E-state index contributed by atoms with van der Waals surface area (Å²) < 4.78 is 0. The summed E-state index contributed by atoms with van der Waals surface area (Å²) in [5.74, 6) is 0.673. The molecule has 0 aromatic heterocycles. The molecule has 2 nitrogen and oxygen atoms in total. The lowest BCUT2D eigenvalue weighted by Crippen LogP contribution is -2.20. The summed E-state index contributed by atoms with van der Waals surface area (Å²) in [6.07, 6.45) is 2.95. The molecule has 1 aromatic carbocycles. The summed E-state index contributed by atoms with van der Waals surface area (Å²) in [6.45, 7) is 2.17. The molecule has 0 saturated carbocycles. The van der Waals surface area contributed by atoms with Crippen LogP contribution >= 0.6 is 0 Å². The van der Waals surface area contributed by atoms with Crippen molar-refractivity contribution in [2.24, 2.45) is 5.92 Å². The highest BCUT2D eigenvalue weighted by atomic mass is 16.2. The molecular weight excluding hydrogens is 186 g/mol. The van der Waals surface area contributed by atoms with Crippen molar-refractivity contribution in [3.8, 4) is 0 Å². The van der Waals surface area contributed by atoms with Gasteiger partial charge in [-0.1, -0.05) is 43.7 Å². The molecular formula is C13H17NO. The largest absolute Gasteiger partial charge is 0.349 e. The highest BCUT2D eigenvalue weighted by molar-refractivity contribution is 5.79. The van der Waals surface area contributed by atoms with Gasteiger partial charge in [-0.2, -0.15) is 0 Å². The lowest BCUT2D eigenvalue weighted by molar-refractivity contribution is -0.119. The first-order valence-corrected chi connectivity index (χ1v) is 5.65. The molecule has 0 bridgehead atoms. The van der Waals surface area contributed by atoms with Gasteiger partial charge in [0.15, 0.2) is 0 Å². The smallest absolute Gasteiger partial charge is 0.220 e. The molecule has 80 valence electrons. The van der Waals surface area contributed by atoms with Crippen molar-refractivity contribution in [2.45, 2.75) is 32.2 Å². The zero-order valence-electron chi connectivity index (χ0n) is 9.07. The lowest BCUT2D eigenvalue weighted by atomic mass is 9.90. The van der Waals surface area contributed by atoms with E-state index in [0.717, 1.165) is 12.8 Å². The zero-order chi connectivity index (χ0) is 10.7. The van der Waals surface area contributed by atoms with Gasteiger partial charge in [-0.05, 0) is 17.9 Å². The van der Waals surface area contributed by atoms with Crippen molar-refractivity contribution in [3.05, 3.63) is 35.9 Å². The second-order valence-corrected chi connectivity index (χ2v) is 4.21. The lowest BCUT2D eigenvalue weighted by Gasteiger charge is -2.18. The van der Waals surface area contributed by atoms with Crippen molar-refractivity contribution in [2.75, 3.05) is 0 Å². The Labute approximate surface area is 90.7 Å². The van der Waals surface area contributed by atoms with Gasteiger partial charge in [0.25, 0.3) is 0 Å². The molecule has 2 atom stereocenters. The van der Waals surface area contributed by atoms with Gasteiger partial charge in [0.2, 0.25) is 5.91 Å². The molecule has 2 rings (SSSR count). The number of hydrogen-bond donors (Lipinski definition) is 1. The molecule has 1 aliphatic rings. The minimum Gasteiger partial charge on any atom is -0.349 e. The van der Waals surface area contributed by atoms with E-state index in [1.165, 1.54) is 5.56 Å². The van der Waals surface area contributed by atoms with Crippen molar-refractivity contribution in [3.63, 3.8) is 0 Å². The fourth-order valence-electron chi connectivity index (χ4n) is 2.36. The molecule has 1 fully saturated rings. The Hall–Kier alpha value is -1.31. The average molecular weight is 203 g/mol. The molecule has 1 saturated heterocycles. The Balaban J connectivity index is 2.17. The van der Waals surface area contributed by atoms with Gasteiger partial charge >= 0.3 is 0 Å². The van der Waals surface area contributed by atoms with Crippen molar-refractivity contribution in [1.29, 1.82) is 0 Å². The van der Waals surface area contributed by atoms with Crippen LogP contribution in [0.1, 0.15) is 37.8 Å². The van der Waals surface area contributed by atoms with Gasteiger partial charge in [0, 0.05) is 6.42 Å². The Morgan fingerprint density at radius 2 is 2.07 bits per heavy atom. The number of nitrogens with one attached hydrogen (secondary N) is 1. The molecule has 1 amide bonds. The Kier molecular flexibility index (Phi) is 3.05. The monoisotopic (exact) mass is 203 g/mol. The molecule has 0 spiro atoms. The van der Waals surface area contributed by atoms with E-state index in [9.17, 15) is 4.79 Å². The SMILES string of the molecule is CCCC1CC(=O)NC1c1ccccc1. The Bertz CT molecular complexity index is 334. The van der Waals surface area contributed by atoms with Crippen molar-refractivity contribution in [1.82, 2.24) is 5.32 Å². The quantitative estimate of drug-likeness (QED) is 0.804. The summed E-state index contributed by atoms with van der Waals surface area (Å²) in [6, 6.07) is 10.5. The van der Waals surface area contributed by atoms with E-state index in [-0.39, 0.29) is 11.9 Å². The molecule has 0 aliphatic carbocycles. The summed E-state index contributed by atoms with van der Waals surface area (Å²) >= 11 is 0. The maximum Gasteiger partial charge on any atom is 0.220 e. The predicted molar refractivity (Wildman–Crippen MR) is 60.3 cm³/mol. The van der Waals surface area contributed by atoms with Crippen LogP contribution in [0.4, 0.5) is 0 Å². The van der Waals surface area contributed by atoms with E-state index in [4.69, 9.17) is 0 Å². The molecule has 0 radical (unpaired) electrons. The number of rotatable bonds is 3. The fourth-order valence-corrected chi connectivity index (χ4v) is 2.36. The maximum absolute atomic E-state index is 11.4. The molecule has 2 heteroatoms. The maximum atomic E-state index is 11.4. The topological polar surface area (TPSA) is 29.1 Å². The van der Waals surface area contributed by atoms with Gasteiger partial charge in [-0.15, -0.1) is 0 Å². The second-order valence-electron chi connectivity index (χ2n) is 4.21. The van der Waals surface area contributed by atoms with Crippen LogP contribution in [-0.2, 0) is 4.79 Å². The summed E-state index contributed by atoms with van der Waals surface area (Å²) in [5, 5.41) is 3.07. The van der Waals surface area contributed by atoms with Gasteiger partial charge in [0.1, 0.15) is 0 Å². The first-order valence-electron chi connectivity index (χ1n) is 5.65. The van der Waals surface area contributed by atoms with Crippen LogP contribution in [0.2, 0.25) is 0 Å². The summed E-state index contributed by atoms with van der Waals surface area (Å²) in [5.41, 5.74) is 1.24. The second kappa shape index (κ2) is 4.47. The summed E-state index contributed by atoms with van der Waals surface area (Å²) in [4.78, 5) is 11.4. The minimum absolute atomic E-state index is 0.197. The van der Waals surface area contributed by atoms with E-state index < -0.39 is 0 Å². The van der Waals surface area contributed by atoms with Crippen molar-refractivity contribution >= 4 is 5.91 Å². The third kappa shape index (κ3) is 2.20. The average Bonchev–Trinajstić information content (AvgIpc) is 2.62. The third-order valence-electron chi connectivity index (χ3n) is 3.05. The fraction of sp³-hybridized carbons (Fsp3) is 0.462. The molecule has 1 aliphatic heterocycles. The highest BCUT2D eigenvalue weighted by Gasteiger charge is 2.32. The van der Waals surface area contributed by atoms with Gasteiger partial charge < -0.3 is 5.32 Å². The van der Waals surface area contributed by atoms with E-state index in [0.29, 0.717) is 12.3 Å². The van der Waals surface area contributed by atoms with Crippen LogP contribution < -0.4 is 5.32 Å². The number of benzene rings is 1. The normalized spacial score (nSPS) is 25.3. The Morgan fingerprint density at radius 1 is 1.33 bits per heavy atom. The van der Waals surface area contributed by atoms with Crippen LogP contribution in [-0.4, -0.2) is 5.91 Å².